The molecule has 0 fully saturated rings. The number of halogens is 1. The van der Waals surface area contributed by atoms with E-state index in [1.54, 1.807) is 32.9 Å². The summed E-state index contributed by atoms with van der Waals surface area (Å²) in [5.74, 6) is -0.162. The Labute approximate surface area is 98.4 Å². The first kappa shape index (κ1) is 12.4. The molecule has 0 aliphatic heterocycles. The minimum atomic E-state index is -1.03. The SMILES string of the molecule is CC(C)(C)C(=O)C(O)c1ccc(Br)cc1. The number of aliphatic hydroxyl groups excluding tert-OH is 1. The molecule has 0 aliphatic rings. The zero-order valence-corrected chi connectivity index (χ0v) is 10.7. The van der Waals surface area contributed by atoms with Crippen molar-refractivity contribution in [3.8, 4) is 0 Å². The Kier molecular flexibility index (Phi) is 3.68. The predicted molar refractivity (Wildman–Crippen MR) is 63.6 cm³/mol. The van der Waals surface area contributed by atoms with E-state index < -0.39 is 11.5 Å². The van der Waals surface area contributed by atoms with Crippen molar-refractivity contribution >= 4 is 21.7 Å². The first-order valence-electron chi connectivity index (χ1n) is 4.80. The molecule has 1 unspecified atom stereocenters. The molecule has 3 heteroatoms. The molecule has 1 N–H and O–H groups in total. The van der Waals surface area contributed by atoms with Crippen molar-refractivity contribution in [3.05, 3.63) is 34.3 Å². The molecule has 82 valence electrons. The molecule has 1 atom stereocenters. The quantitative estimate of drug-likeness (QED) is 0.897. The fourth-order valence-corrected chi connectivity index (χ4v) is 1.47. The van der Waals surface area contributed by atoms with Crippen LogP contribution in [0.1, 0.15) is 32.4 Å². The number of benzene rings is 1. The molecule has 0 spiro atoms. The summed E-state index contributed by atoms with van der Waals surface area (Å²) >= 11 is 3.30. The van der Waals surface area contributed by atoms with Crippen LogP contribution in [0.25, 0.3) is 0 Å². The van der Waals surface area contributed by atoms with Crippen LogP contribution in [0.2, 0.25) is 0 Å². The maximum Gasteiger partial charge on any atom is 0.171 e. The molecule has 0 saturated carbocycles. The number of hydrogen-bond acceptors (Lipinski definition) is 2. The maximum atomic E-state index is 11.8. The lowest BCUT2D eigenvalue weighted by Gasteiger charge is -2.21. The standard InChI is InChI=1S/C12H15BrO2/c1-12(2,3)11(15)10(14)8-4-6-9(13)7-5-8/h4-7,10,14H,1-3H3. The highest BCUT2D eigenvalue weighted by atomic mass is 79.9. The van der Waals surface area contributed by atoms with E-state index in [0.717, 1.165) is 4.47 Å². The highest BCUT2D eigenvalue weighted by Gasteiger charge is 2.28. The molecule has 0 saturated heterocycles. The Balaban J connectivity index is 2.90. The summed E-state index contributed by atoms with van der Waals surface area (Å²) in [5, 5.41) is 9.85. The third kappa shape index (κ3) is 3.14. The van der Waals surface area contributed by atoms with Gasteiger partial charge in [0.05, 0.1) is 0 Å². The van der Waals surface area contributed by atoms with Gasteiger partial charge in [0.15, 0.2) is 5.78 Å². The smallest absolute Gasteiger partial charge is 0.171 e. The van der Waals surface area contributed by atoms with Crippen LogP contribution >= 0.6 is 15.9 Å². The van der Waals surface area contributed by atoms with Crippen molar-refractivity contribution in [1.29, 1.82) is 0 Å². The van der Waals surface area contributed by atoms with Crippen LogP contribution in [-0.4, -0.2) is 10.9 Å². The second kappa shape index (κ2) is 4.45. The van der Waals surface area contributed by atoms with Gasteiger partial charge in [-0.3, -0.25) is 4.79 Å². The summed E-state index contributed by atoms with van der Waals surface area (Å²) < 4.78 is 0.932. The van der Waals surface area contributed by atoms with E-state index in [0.29, 0.717) is 5.56 Å². The Morgan fingerprint density at radius 3 is 2.13 bits per heavy atom. The molecule has 0 heterocycles. The van der Waals surface area contributed by atoms with Gasteiger partial charge in [-0.1, -0.05) is 48.8 Å². The van der Waals surface area contributed by atoms with E-state index in [1.165, 1.54) is 0 Å². The Morgan fingerprint density at radius 2 is 1.73 bits per heavy atom. The molecular formula is C12H15BrO2. The van der Waals surface area contributed by atoms with Crippen molar-refractivity contribution in [2.24, 2.45) is 5.41 Å². The van der Waals surface area contributed by atoms with Crippen molar-refractivity contribution in [3.63, 3.8) is 0 Å². The Morgan fingerprint density at radius 1 is 1.27 bits per heavy atom. The normalized spacial score (nSPS) is 13.7. The molecule has 1 aromatic carbocycles. The van der Waals surface area contributed by atoms with Crippen LogP contribution in [0.3, 0.4) is 0 Å². The van der Waals surface area contributed by atoms with Gasteiger partial charge in [0.25, 0.3) is 0 Å². The van der Waals surface area contributed by atoms with Crippen LogP contribution in [0.5, 0.6) is 0 Å². The molecule has 0 aliphatic carbocycles. The average molecular weight is 271 g/mol. The van der Waals surface area contributed by atoms with Gasteiger partial charge < -0.3 is 5.11 Å². The lowest BCUT2D eigenvalue weighted by atomic mass is 9.85. The Hall–Kier alpha value is -0.670. The van der Waals surface area contributed by atoms with E-state index in [-0.39, 0.29) is 5.78 Å². The number of hydrogen-bond donors (Lipinski definition) is 1. The second-order valence-electron chi connectivity index (χ2n) is 4.57. The summed E-state index contributed by atoms with van der Waals surface area (Å²) in [7, 11) is 0. The van der Waals surface area contributed by atoms with Crippen molar-refractivity contribution < 1.29 is 9.90 Å². The number of rotatable bonds is 2. The van der Waals surface area contributed by atoms with Gasteiger partial charge in [0, 0.05) is 9.89 Å². The predicted octanol–water partition coefficient (Wildman–Crippen LogP) is 3.10. The second-order valence-corrected chi connectivity index (χ2v) is 5.48. The third-order valence-corrected chi connectivity index (χ3v) is 2.70. The van der Waals surface area contributed by atoms with Gasteiger partial charge in [0.1, 0.15) is 6.10 Å². The van der Waals surface area contributed by atoms with Gasteiger partial charge in [0.2, 0.25) is 0 Å². The van der Waals surface area contributed by atoms with E-state index in [2.05, 4.69) is 15.9 Å². The van der Waals surface area contributed by atoms with Gasteiger partial charge >= 0.3 is 0 Å². The number of ketones is 1. The van der Waals surface area contributed by atoms with Gasteiger partial charge in [-0.25, -0.2) is 0 Å². The lowest BCUT2D eigenvalue weighted by Crippen LogP contribution is -2.26. The van der Waals surface area contributed by atoms with Crippen LogP contribution in [-0.2, 0) is 4.79 Å². The topological polar surface area (TPSA) is 37.3 Å². The van der Waals surface area contributed by atoms with Crippen LogP contribution < -0.4 is 0 Å². The van der Waals surface area contributed by atoms with E-state index in [9.17, 15) is 9.90 Å². The number of aliphatic hydroxyl groups is 1. The molecule has 1 aromatic rings. The summed E-state index contributed by atoms with van der Waals surface area (Å²) in [4.78, 5) is 11.8. The number of carbonyl (C=O) groups excluding carboxylic acids is 1. The summed E-state index contributed by atoms with van der Waals surface area (Å²) in [6.07, 6.45) is -1.03. The third-order valence-electron chi connectivity index (χ3n) is 2.17. The maximum absolute atomic E-state index is 11.8. The fraction of sp³-hybridized carbons (Fsp3) is 0.417. The highest BCUT2D eigenvalue weighted by molar-refractivity contribution is 9.10. The van der Waals surface area contributed by atoms with Gasteiger partial charge in [-0.2, -0.15) is 0 Å². The highest BCUT2D eigenvalue weighted by Crippen LogP contribution is 2.26. The first-order valence-corrected chi connectivity index (χ1v) is 5.59. The lowest BCUT2D eigenvalue weighted by molar-refractivity contribution is -0.135. The number of Topliss-reactive ketones (excluding diaryl/α,β-unsaturated/α-hetero) is 1. The monoisotopic (exact) mass is 270 g/mol. The number of carbonyl (C=O) groups is 1. The van der Waals surface area contributed by atoms with Crippen LogP contribution in [0, 0.1) is 5.41 Å². The molecular weight excluding hydrogens is 256 g/mol. The molecule has 0 aromatic heterocycles. The molecule has 0 bridgehead atoms. The molecule has 15 heavy (non-hydrogen) atoms. The first-order chi connectivity index (χ1) is 6.82. The Bertz CT molecular complexity index is 349. The van der Waals surface area contributed by atoms with E-state index in [1.807, 2.05) is 12.1 Å². The molecule has 0 amide bonds. The van der Waals surface area contributed by atoms with Gasteiger partial charge in [-0.15, -0.1) is 0 Å². The zero-order chi connectivity index (χ0) is 11.6. The van der Waals surface area contributed by atoms with Crippen LogP contribution in [0.15, 0.2) is 28.7 Å². The van der Waals surface area contributed by atoms with Gasteiger partial charge in [-0.05, 0) is 17.7 Å². The zero-order valence-electron chi connectivity index (χ0n) is 9.12. The summed E-state index contributed by atoms with van der Waals surface area (Å²) in [6.45, 7) is 5.41. The molecule has 2 nitrogen and oxygen atoms in total. The molecule has 0 radical (unpaired) electrons. The van der Waals surface area contributed by atoms with E-state index >= 15 is 0 Å². The largest absolute Gasteiger partial charge is 0.381 e. The van der Waals surface area contributed by atoms with Crippen molar-refractivity contribution in [2.75, 3.05) is 0 Å². The minimum Gasteiger partial charge on any atom is -0.381 e. The molecule has 1 rings (SSSR count). The minimum absolute atomic E-state index is 0.162. The fourth-order valence-electron chi connectivity index (χ4n) is 1.21. The van der Waals surface area contributed by atoms with Crippen molar-refractivity contribution in [2.45, 2.75) is 26.9 Å². The van der Waals surface area contributed by atoms with Crippen LogP contribution in [0.4, 0.5) is 0 Å². The summed E-state index contributed by atoms with van der Waals surface area (Å²) in [5.41, 5.74) is 0.116. The summed E-state index contributed by atoms with van der Waals surface area (Å²) in [6, 6.07) is 7.12. The van der Waals surface area contributed by atoms with Crippen molar-refractivity contribution in [1.82, 2.24) is 0 Å². The van der Waals surface area contributed by atoms with E-state index in [4.69, 9.17) is 0 Å². The average Bonchev–Trinajstić information content (AvgIpc) is 2.15.